The van der Waals surface area contributed by atoms with Crippen LogP contribution in [0.15, 0.2) is 6.20 Å². The number of carbonyl (C=O) groups is 2. The van der Waals surface area contributed by atoms with Crippen molar-refractivity contribution in [1.82, 2.24) is 20.6 Å². The SMILES string of the molecule is CCCC(C)NC(=O)NC1(c2ncc(C(=O)O)[nH]2)CCC1. The van der Waals surface area contributed by atoms with E-state index >= 15 is 0 Å². The zero-order chi connectivity index (χ0) is 15.5. The van der Waals surface area contributed by atoms with Gasteiger partial charge < -0.3 is 20.7 Å². The molecule has 0 radical (unpaired) electrons. The van der Waals surface area contributed by atoms with E-state index in [1.165, 1.54) is 6.20 Å². The zero-order valence-corrected chi connectivity index (χ0v) is 12.4. The molecule has 2 amide bonds. The molecule has 0 bridgehead atoms. The van der Waals surface area contributed by atoms with Gasteiger partial charge in [0.05, 0.1) is 11.7 Å². The first-order valence-corrected chi connectivity index (χ1v) is 7.34. The number of aromatic nitrogens is 2. The van der Waals surface area contributed by atoms with Crippen LogP contribution in [0.3, 0.4) is 0 Å². The standard InChI is InChI=1S/C14H22N4O3/c1-3-5-9(2)16-13(21)18-14(6-4-7-14)12-15-8-10(17-12)11(19)20/h8-9H,3-7H2,1-2H3,(H,15,17)(H,19,20)(H2,16,18,21). The van der Waals surface area contributed by atoms with Gasteiger partial charge in [-0.3, -0.25) is 0 Å². The van der Waals surface area contributed by atoms with Crippen molar-refractivity contribution in [1.29, 1.82) is 0 Å². The lowest BCUT2D eigenvalue weighted by molar-refractivity contribution is 0.0690. The number of aromatic amines is 1. The number of aromatic carboxylic acids is 1. The second-order valence-corrected chi connectivity index (χ2v) is 5.67. The Labute approximate surface area is 123 Å². The number of carboxylic acid groups (broad SMARTS) is 1. The minimum absolute atomic E-state index is 0.0397. The number of carbonyl (C=O) groups excluding carboxylic acids is 1. The Morgan fingerprint density at radius 2 is 2.24 bits per heavy atom. The smallest absolute Gasteiger partial charge is 0.353 e. The Hall–Kier alpha value is -2.05. The first kappa shape index (κ1) is 15.3. The maximum atomic E-state index is 12.1. The van der Waals surface area contributed by atoms with Crippen LogP contribution in [0, 0.1) is 0 Å². The number of hydrogen-bond donors (Lipinski definition) is 4. The Morgan fingerprint density at radius 3 is 2.71 bits per heavy atom. The quantitative estimate of drug-likeness (QED) is 0.643. The maximum Gasteiger partial charge on any atom is 0.353 e. The van der Waals surface area contributed by atoms with Gasteiger partial charge in [0.15, 0.2) is 0 Å². The molecule has 0 aliphatic heterocycles. The number of nitrogens with one attached hydrogen (secondary N) is 3. The molecular weight excluding hydrogens is 272 g/mol. The minimum atomic E-state index is -1.05. The Balaban J connectivity index is 2.04. The summed E-state index contributed by atoms with van der Waals surface area (Å²) in [6, 6.07) is -0.123. The van der Waals surface area contributed by atoms with Gasteiger partial charge in [0.25, 0.3) is 0 Å². The molecule has 1 fully saturated rings. The number of urea groups is 1. The molecule has 1 unspecified atom stereocenters. The van der Waals surface area contributed by atoms with E-state index in [1.54, 1.807) is 0 Å². The normalized spacial score (nSPS) is 17.6. The van der Waals surface area contributed by atoms with Crippen molar-refractivity contribution < 1.29 is 14.7 Å². The van der Waals surface area contributed by atoms with Gasteiger partial charge >= 0.3 is 12.0 Å². The molecule has 1 aromatic heterocycles. The molecule has 7 heteroatoms. The Morgan fingerprint density at radius 1 is 1.52 bits per heavy atom. The number of H-pyrrole nitrogens is 1. The minimum Gasteiger partial charge on any atom is -0.477 e. The van der Waals surface area contributed by atoms with Crippen LogP contribution in [0.1, 0.15) is 62.3 Å². The molecule has 1 atom stereocenters. The van der Waals surface area contributed by atoms with Crippen molar-refractivity contribution in [2.45, 2.75) is 57.5 Å². The molecule has 0 spiro atoms. The number of hydrogen-bond acceptors (Lipinski definition) is 3. The lowest BCUT2D eigenvalue weighted by Gasteiger charge is -2.40. The van der Waals surface area contributed by atoms with Crippen LogP contribution in [0.25, 0.3) is 0 Å². The molecule has 4 N–H and O–H groups in total. The number of rotatable bonds is 6. The first-order chi connectivity index (χ1) is 9.97. The summed E-state index contributed by atoms with van der Waals surface area (Å²) in [5.41, 5.74) is -0.526. The van der Waals surface area contributed by atoms with E-state index in [4.69, 9.17) is 5.11 Å². The number of amides is 2. The lowest BCUT2D eigenvalue weighted by atomic mass is 9.76. The summed E-state index contributed by atoms with van der Waals surface area (Å²) < 4.78 is 0. The van der Waals surface area contributed by atoms with Gasteiger partial charge in [-0.25, -0.2) is 14.6 Å². The second kappa shape index (κ2) is 6.15. The number of imidazole rings is 1. The van der Waals surface area contributed by atoms with Crippen molar-refractivity contribution in [2.75, 3.05) is 0 Å². The monoisotopic (exact) mass is 294 g/mol. The zero-order valence-electron chi connectivity index (χ0n) is 12.4. The summed E-state index contributed by atoms with van der Waals surface area (Å²) in [6.07, 6.45) is 5.71. The van der Waals surface area contributed by atoms with Gasteiger partial charge in [-0.15, -0.1) is 0 Å². The lowest BCUT2D eigenvalue weighted by Crippen LogP contribution is -2.55. The van der Waals surface area contributed by atoms with E-state index in [0.717, 1.165) is 32.1 Å². The summed E-state index contributed by atoms with van der Waals surface area (Å²) in [7, 11) is 0. The van der Waals surface area contributed by atoms with Crippen LogP contribution in [0.2, 0.25) is 0 Å². The summed E-state index contributed by atoms with van der Waals surface area (Å²) in [6.45, 7) is 4.03. The molecule has 7 nitrogen and oxygen atoms in total. The molecule has 0 aromatic carbocycles. The van der Waals surface area contributed by atoms with Crippen molar-refractivity contribution in [3.05, 3.63) is 17.7 Å². The van der Waals surface area contributed by atoms with Crippen LogP contribution in [-0.4, -0.2) is 33.1 Å². The third-order valence-corrected chi connectivity index (χ3v) is 3.92. The van der Waals surface area contributed by atoms with Crippen molar-refractivity contribution in [3.8, 4) is 0 Å². The Bertz CT molecular complexity index is 522. The second-order valence-electron chi connectivity index (χ2n) is 5.67. The third-order valence-electron chi connectivity index (χ3n) is 3.92. The van der Waals surface area contributed by atoms with E-state index < -0.39 is 11.5 Å². The summed E-state index contributed by atoms with van der Waals surface area (Å²) in [5, 5.41) is 14.8. The average Bonchev–Trinajstić information content (AvgIpc) is 2.83. The first-order valence-electron chi connectivity index (χ1n) is 7.34. The molecule has 2 rings (SSSR count). The third kappa shape index (κ3) is 3.34. The van der Waals surface area contributed by atoms with Crippen LogP contribution < -0.4 is 10.6 Å². The highest BCUT2D eigenvalue weighted by atomic mass is 16.4. The van der Waals surface area contributed by atoms with E-state index in [2.05, 4.69) is 27.5 Å². The molecule has 1 heterocycles. The van der Waals surface area contributed by atoms with Crippen molar-refractivity contribution in [2.24, 2.45) is 0 Å². The molecule has 1 aliphatic rings. The molecule has 1 aromatic rings. The van der Waals surface area contributed by atoms with Gasteiger partial charge in [-0.2, -0.15) is 0 Å². The average molecular weight is 294 g/mol. The van der Waals surface area contributed by atoms with Crippen LogP contribution >= 0.6 is 0 Å². The molecule has 21 heavy (non-hydrogen) atoms. The molecule has 116 valence electrons. The fourth-order valence-corrected chi connectivity index (χ4v) is 2.61. The van der Waals surface area contributed by atoms with Gasteiger partial charge in [0.1, 0.15) is 11.5 Å². The van der Waals surface area contributed by atoms with E-state index in [1.807, 2.05) is 6.92 Å². The van der Waals surface area contributed by atoms with Crippen LogP contribution in [0.5, 0.6) is 0 Å². The van der Waals surface area contributed by atoms with Gasteiger partial charge in [0.2, 0.25) is 0 Å². The van der Waals surface area contributed by atoms with Gasteiger partial charge in [-0.1, -0.05) is 13.3 Å². The summed E-state index contributed by atoms with van der Waals surface area (Å²) in [4.78, 5) is 29.9. The molecule has 0 saturated heterocycles. The summed E-state index contributed by atoms with van der Waals surface area (Å²) >= 11 is 0. The summed E-state index contributed by atoms with van der Waals surface area (Å²) in [5.74, 6) is -0.534. The maximum absolute atomic E-state index is 12.1. The fraction of sp³-hybridized carbons (Fsp3) is 0.643. The van der Waals surface area contributed by atoms with Crippen molar-refractivity contribution in [3.63, 3.8) is 0 Å². The van der Waals surface area contributed by atoms with Gasteiger partial charge in [0, 0.05) is 6.04 Å². The van der Waals surface area contributed by atoms with E-state index in [-0.39, 0.29) is 17.8 Å². The van der Waals surface area contributed by atoms with Gasteiger partial charge in [-0.05, 0) is 32.6 Å². The van der Waals surface area contributed by atoms with E-state index in [0.29, 0.717) is 5.82 Å². The molecule has 1 saturated carbocycles. The highest BCUT2D eigenvalue weighted by molar-refractivity contribution is 5.85. The van der Waals surface area contributed by atoms with Crippen LogP contribution in [0.4, 0.5) is 4.79 Å². The predicted molar refractivity (Wildman–Crippen MR) is 77.1 cm³/mol. The number of nitrogens with zero attached hydrogens (tertiary/aromatic N) is 1. The topological polar surface area (TPSA) is 107 Å². The van der Waals surface area contributed by atoms with Crippen molar-refractivity contribution >= 4 is 12.0 Å². The highest BCUT2D eigenvalue weighted by Gasteiger charge is 2.43. The molecule has 1 aliphatic carbocycles. The number of carboxylic acids is 1. The fourth-order valence-electron chi connectivity index (χ4n) is 2.61. The Kier molecular flexibility index (Phi) is 4.50. The van der Waals surface area contributed by atoms with E-state index in [9.17, 15) is 9.59 Å². The largest absolute Gasteiger partial charge is 0.477 e. The predicted octanol–water partition coefficient (Wildman–Crippen LogP) is 1.97. The molecular formula is C14H22N4O3. The van der Waals surface area contributed by atoms with Crippen LogP contribution in [-0.2, 0) is 5.54 Å². The highest BCUT2D eigenvalue weighted by Crippen LogP contribution is 2.39.